The molecule has 2 aromatic rings. The summed E-state index contributed by atoms with van der Waals surface area (Å²) < 4.78 is 10.6. The Balaban J connectivity index is 1.65. The summed E-state index contributed by atoms with van der Waals surface area (Å²) in [7, 11) is 1.54. The van der Waals surface area contributed by atoms with Crippen molar-refractivity contribution in [3.8, 4) is 11.6 Å². The summed E-state index contributed by atoms with van der Waals surface area (Å²) in [5, 5.41) is 8.76. The minimum absolute atomic E-state index is 0.0817. The van der Waals surface area contributed by atoms with Gasteiger partial charge in [-0.25, -0.2) is 0 Å². The van der Waals surface area contributed by atoms with E-state index in [9.17, 15) is 4.79 Å². The number of hydrogen-bond acceptors (Lipinski definition) is 6. The highest BCUT2D eigenvalue weighted by molar-refractivity contribution is 6.31. The van der Waals surface area contributed by atoms with Gasteiger partial charge in [-0.15, -0.1) is 10.2 Å². The lowest BCUT2D eigenvalue weighted by Gasteiger charge is -2.35. The Morgan fingerprint density at radius 3 is 2.54 bits per heavy atom. The summed E-state index contributed by atoms with van der Waals surface area (Å²) >= 11 is 6.04. The highest BCUT2D eigenvalue weighted by Crippen LogP contribution is 2.25. The minimum atomic E-state index is -0.0817. The summed E-state index contributed by atoms with van der Waals surface area (Å²) in [5.41, 5.74) is 0.481. The SMILES string of the molecule is CCOc1ccc(N2CCN(C(=O)c3cc(Cl)ccc3OC)CC2)nn1. The summed E-state index contributed by atoms with van der Waals surface area (Å²) in [6.07, 6.45) is 0. The van der Waals surface area contributed by atoms with Crippen molar-refractivity contribution in [2.24, 2.45) is 0 Å². The Hall–Kier alpha value is -2.54. The molecule has 1 aromatic carbocycles. The third-order valence-corrected chi connectivity index (χ3v) is 4.44. The number of aromatic nitrogens is 2. The zero-order valence-electron chi connectivity index (χ0n) is 14.8. The first kappa shape index (κ1) is 18.3. The number of nitrogens with zero attached hydrogens (tertiary/aromatic N) is 4. The molecule has 0 aliphatic carbocycles. The summed E-state index contributed by atoms with van der Waals surface area (Å²) in [4.78, 5) is 16.7. The van der Waals surface area contributed by atoms with Gasteiger partial charge in [0.25, 0.3) is 5.91 Å². The van der Waals surface area contributed by atoms with Crippen LogP contribution < -0.4 is 14.4 Å². The molecule has 0 atom stereocenters. The fourth-order valence-electron chi connectivity index (χ4n) is 2.86. The Morgan fingerprint density at radius 1 is 1.15 bits per heavy atom. The number of amides is 1. The van der Waals surface area contributed by atoms with Crippen molar-refractivity contribution < 1.29 is 14.3 Å². The molecule has 1 fully saturated rings. The molecule has 26 heavy (non-hydrogen) atoms. The number of methoxy groups -OCH3 is 1. The monoisotopic (exact) mass is 376 g/mol. The number of carbonyl (C=O) groups excluding carboxylic acids is 1. The lowest BCUT2D eigenvalue weighted by Crippen LogP contribution is -2.49. The van der Waals surface area contributed by atoms with Crippen LogP contribution in [0.4, 0.5) is 5.82 Å². The fraction of sp³-hybridized carbons (Fsp3) is 0.389. The van der Waals surface area contributed by atoms with Crippen molar-refractivity contribution in [3.63, 3.8) is 0 Å². The molecular weight excluding hydrogens is 356 g/mol. The molecular formula is C18H21ClN4O3. The Bertz CT molecular complexity index is 762. The van der Waals surface area contributed by atoms with E-state index < -0.39 is 0 Å². The van der Waals surface area contributed by atoms with E-state index in [0.717, 1.165) is 5.82 Å². The van der Waals surface area contributed by atoms with E-state index in [1.54, 1.807) is 36.3 Å². The Kier molecular flexibility index (Phi) is 5.78. The highest BCUT2D eigenvalue weighted by Gasteiger charge is 2.25. The third-order valence-electron chi connectivity index (χ3n) is 4.20. The number of piperazine rings is 1. The van der Waals surface area contributed by atoms with Gasteiger partial charge in [-0.05, 0) is 31.2 Å². The molecule has 0 N–H and O–H groups in total. The smallest absolute Gasteiger partial charge is 0.257 e. The first-order valence-electron chi connectivity index (χ1n) is 8.46. The largest absolute Gasteiger partial charge is 0.496 e. The van der Waals surface area contributed by atoms with Gasteiger partial charge >= 0.3 is 0 Å². The first-order valence-corrected chi connectivity index (χ1v) is 8.84. The van der Waals surface area contributed by atoms with Crippen LogP contribution in [0, 0.1) is 0 Å². The number of anilines is 1. The van der Waals surface area contributed by atoms with Crippen molar-refractivity contribution in [1.82, 2.24) is 15.1 Å². The molecule has 0 radical (unpaired) electrons. The zero-order valence-corrected chi connectivity index (χ0v) is 15.6. The van der Waals surface area contributed by atoms with Crippen LogP contribution in [0.2, 0.25) is 5.02 Å². The summed E-state index contributed by atoms with van der Waals surface area (Å²) in [6.45, 7) is 4.99. The van der Waals surface area contributed by atoms with Gasteiger partial charge in [0, 0.05) is 37.3 Å². The van der Waals surface area contributed by atoms with Gasteiger partial charge in [-0.1, -0.05) is 11.6 Å². The Labute approximate surface area is 157 Å². The van der Waals surface area contributed by atoms with Gasteiger partial charge in [0.05, 0.1) is 19.3 Å². The van der Waals surface area contributed by atoms with Gasteiger partial charge in [-0.3, -0.25) is 4.79 Å². The molecule has 0 spiro atoms. The number of halogens is 1. The van der Waals surface area contributed by atoms with E-state index in [1.165, 1.54) is 0 Å². The second kappa shape index (κ2) is 8.23. The quantitative estimate of drug-likeness (QED) is 0.798. The van der Waals surface area contributed by atoms with Crippen LogP contribution in [0.25, 0.3) is 0 Å². The number of rotatable bonds is 5. The lowest BCUT2D eigenvalue weighted by molar-refractivity contribution is 0.0743. The molecule has 0 bridgehead atoms. The maximum absolute atomic E-state index is 12.8. The molecule has 0 unspecified atom stereocenters. The molecule has 0 saturated carbocycles. The lowest BCUT2D eigenvalue weighted by atomic mass is 10.1. The number of benzene rings is 1. The van der Waals surface area contributed by atoms with Crippen molar-refractivity contribution in [2.75, 3.05) is 44.8 Å². The maximum atomic E-state index is 12.8. The zero-order chi connectivity index (χ0) is 18.5. The van der Waals surface area contributed by atoms with Crippen molar-refractivity contribution in [1.29, 1.82) is 0 Å². The highest BCUT2D eigenvalue weighted by atomic mass is 35.5. The summed E-state index contributed by atoms with van der Waals surface area (Å²) in [6, 6.07) is 8.75. The van der Waals surface area contributed by atoms with E-state index in [2.05, 4.69) is 15.1 Å². The second-order valence-electron chi connectivity index (χ2n) is 5.79. The van der Waals surface area contributed by atoms with Crippen LogP contribution in [0.1, 0.15) is 17.3 Å². The van der Waals surface area contributed by atoms with E-state index in [1.807, 2.05) is 13.0 Å². The van der Waals surface area contributed by atoms with E-state index >= 15 is 0 Å². The summed E-state index contributed by atoms with van der Waals surface area (Å²) in [5.74, 6) is 1.74. The molecule has 2 heterocycles. The average molecular weight is 377 g/mol. The van der Waals surface area contributed by atoms with E-state index in [4.69, 9.17) is 21.1 Å². The minimum Gasteiger partial charge on any atom is -0.496 e. The molecule has 7 nitrogen and oxygen atoms in total. The van der Waals surface area contributed by atoms with Gasteiger partial charge < -0.3 is 19.3 Å². The number of ether oxygens (including phenoxy) is 2. The van der Waals surface area contributed by atoms with Crippen LogP contribution in [0.5, 0.6) is 11.6 Å². The van der Waals surface area contributed by atoms with E-state index in [-0.39, 0.29) is 5.91 Å². The van der Waals surface area contributed by atoms with Crippen LogP contribution in [-0.4, -0.2) is 60.9 Å². The molecule has 1 aromatic heterocycles. The van der Waals surface area contributed by atoms with Gasteiger partial charge in [-0.2, -0.15) is 0 Å². The normalized spacial score (nSPS) is 14.3. The predicted octanol–water partition coefficient (Wildman–Crippen LogP) is 2.50. The predicted molar refractivity (Wildman–Crippen MR) is 99.3 cm³/mol. The van der Waals surface area contributed by atoms with Crippen molar-refractivity contribution in [2.45, 2.75) is 6.92 Å². The molecule has 1 saturated heterocycles. The van der Waals surface area contributed by atoms with Crippen LogP contribution in [-0.2, 0) is 0 Å². The standard InChI is InChI=1S/C18H21ClN4O3/c1-3-26-17-7-6-16(20-21-17)22-8-10-23(11-9-22)18(24)14-12-13(19)4-5-15(14)25-2/h4-7,12H,3,8-11H2,1-2H3. The van der Waals surface area contributed by atoms with Crippen molar-refractivity contribution >= 4 is 23.3 Å². The van der Waals surface area contributed by atoms with Gasteiger partial charge in [0.2, 0.25) is 5.88 Å². The first-order chi connectivity index (χ1) is 12.6. The molecule has 3 rings (SSSR count). The molecule has 1 aliphatic rings. The van der Waals surface area contributed by atoms with E-state index in [0.29, 0.717) is 55.0 Å². The third kappa shape index (κ3) is 3.99. The number of hydrogen-bond donors (Lipinski definition) is 0. The molecule has 1 amide bonds. The van der Waals surface area contributed by atoms with Crippen molar-refractivity contribution in [3.05, 3.63) is 40.9 Å². The molecule has 8 heteroatoms. The van der Waals surface area contributed by atoms with Gasteiger partial charge in [0.15, 0.2) is 5.82 Å². The molecule has 1 aliphatic heterocycles. The fourth-order valence-corrected chi connectivity index (χ4v) is 3.03. The average Bonchev–Trinajstić information content (AvgIpc) is 2.68. The van der Waals surface area contributed by atoms with Crippen LogP contribution >= 0.6 is 11.6 Å². The van der Waals surface area contributed by atoms with Gasteiger partial charge in [0.1, 0.15) is 5.75 Å². The number of carbonyl (C=O) groups is 1. The molecule has 138 valence electrons. The van der Waals surface area contributed by atoms with Crippen LogP contribution in [0.3, 0.4) is 0 Å². The topological polar surface area (TPSA) is 67.8 Å². The maximum Gasteiger partial charge on any atom is 0.257 e. The Morgan fingerprint density at radius 2 is 1.92 bits per heavy atom. The second-order valence-corrected chi connectivity index (χ2v) is 6.22. The van der Waals surface area contributed by atoms with Crippen LogP contribution in [0.15, 0.2) is 30.3 Å².